The predicted octanol–water partition coefficient (Wildman–Crippen LogP) is 4.35. The van der Waals surface area contributed by atoms with E-state index in [1.165, 1.54) is 5.56 Å². The molecule has 33 heavy (non-hydrogen) atoms. The summed E-state index contributed by atoms with van der Waals surface area (Å²) in [7, 11) is 1.77. The van der Waals surface area contributed by atoms with Crippen LogP contribution >= 0.6 is 24.0 Å². The van der Waals surface area contributed by atoms with Crippen molar-refractivity contribution in [1.82, 2.24) is 15.2 Å². The molecule has 3 rings (SSSR count). The fourth-order valence-electron chi connectivity index (χ4n) is 3.32. The number of aliphatic imine (C=N–C) groups is 1. The van der Waals surface area contributed by atoms with Crippen molar-refractivity contribution >= 4 is 29.9 Å². The number of aromatic nitrogens is 1. The second kappa shape index (κ2) is 14.5. The summed E-state index contributed by atoms with van der Waals surface area (Å²) in [6, 6.07) is 23.7. The van der Waals surface area contributed by atoms with Gasteiger partial charge in [0, 0.05) is 39.0 Å². The van der Waals surface area contributed by atoms with Crippen LogP contribution in [0.3, 0.4) is 0 Å². The molecule has 3 aromatic rings. The minimum atomic E-state index is 0. The van der Waals surface area contributed by atoms with Crippen LogP contribution in [0.4, 0.5) is 0 Å². The van der Waals surface area contributed by atoms with Crippen molar-refractivity contribution in [3.63, 3.8) is 0 Å². The van der Waals surface area contributed by atoms with Gasteiger partial charge in [-0.05, 0) is 36.1 Å². The van der Waals surface area contributed by atoms with Crippen LogP contribution < -0.4 is 16.2 Å². The molecule has 0 spiro atoms. The number of ether oxygens (including phenoxy) is 1. The molecule has 1 unspecified atom stereocenters. The fraction of sp³-hybridized carbons (Fsp3) is 0.308. The number of guanidine groups is 1. The molecule has 1 atom stereocenters. The lowest BCUT2D eigenvalue weighted by Gasteiger charge is -2.15. The summed E-state index contributed by atoms with van der Waals surface area (Å²) in [5.41, 5.74) is 3.44. The average molecular weight is 560 g/mol. The lowest BCUT2D eigenvalue weighted by Crippen LogP contribution is -2.37. The number of nitrogens with zero attached hydrogens (tertiary/aromatic N) is 2. The van der Waals surface area contributed by atoms with Crippen molar-refractivity contribution in [1.29, 1.82) is 0 Å². The minimum Gasteiger partial charge on any atom is -0.374 e. The van der Waals surface area contributed by atoms with Crippen LogP contribution in [-0.4, -0.2) is 30.7 Å². The van der Waals surface area contributed by atoms with E-state index in [1.807, 2.05) is 24.3 Å². The van der Waals surface area contributed by atoms with E-state index in [0.717, 1.165) is 30.1 Å². The molecule has 0 aliphatic heterocycles. The highest BCUT2D eigenvalue weighted by atomic mass is 127. The van der Waals surface area contributed by atoms with Gasteiger partial charge in [0.15, 0.2) is 5.96 Å². The maximum Gasteiger partial charge on any atom is 0.250 e. The van der Waals surface area contributed by atoms with Crippen molar-refractivity contribution < 1.29 is 4.74 Å². The van der Waals surface area contributed by atoms with Crippen molar-refractivity contribution in [3.05, 3.63) is 106 Å². The number of halogens is 1. The summed E-state index contributed by atoms with van der Waals surface area (Å²) in [5.74, 6) is 0.765. The lowest BCUT2D eigenvalue weighted by atomic mass is 10.1. The Morgan fingerprint density at radius 3 is 2.36 bits per heavy atom. The highest BCUT2D eigenvalue weighted by Gasteiger charge is 2.05. The second-order valence-electron chi connectivity index (χ2n) is 7.61. The molecule has 0 fully saturated rings. The van der Waals surface area contributed by atoms with Crippen molar-refractivity contribution in [3.8, 4) is 0 Å². The van der Waals surface area contributed by atoms with E-state index in [2.05, 4.69) is 58.9 Å². The topological polar surface area (TPSA) is 67.7 Å². The first-order valence-corrected chi connectivity index (χ1v) is 11.0. The zero-order valence-corrected chi connectivity index (χ0v) is 21.6. The normalized spacial score (nSPS) is 12.0. The van der Waals surface area contributed by atoms with Crippen LogP contribution in [0.2, 0.25) is 0 Å². The van der Waals surface area contributed by atoms with Gasteiger partial charge in [0.2, 0.25) is 0 Å². The van der Waals surface area contributed by atoms with Gasteiger partial charge >= 0.3 is 0 Å². The lowest BCUT2D eigenvalue weighted by molar-refractivity contribution is 0.0646. The third-order valence-electron chi connectivity index (χ3n) is 5.21. The minimum absolute atomic E-state index is 0. The molecule has 1 aromatic heterocycles. The average Bonchev–Trinajstić information content (AvgIpc) is 2.83. The number of hydrogen-bond donors (Lipinski definition) is 2. The van der Waals surface area contributed by atoms with Gasteiger partial charge in [-0.15, -0.1) is 24.0 Å². The predicted molar refractivity (Wildman–Crippen MR) is 145 cm³/mol. The van der Waals surface area contributed by atoms with Gasteiger partial charge in [0.05, 0.1) is 12.6 Å². The van der Waals surface area contributed by atoms with Crippen LogP contribution in [0.15, 0.2) is 88.8 Å². The van der Waals surface area contributed by atoms with Crippen LogP contribution in [0, 0.1) is 0 Å². The SMILES string of the molecule is CN=C(NCCCOC(C)c1ccccc1)NCc1ccc(Cn2ccccc2=O)cc1.I. The Labute approximate surface area is 213 Å². The van der Waals surface area contributed by atoms with Crippen LogP contribution in [0.1, 0.15) is 36.1 Å². The first-order valence-electron chi connectivity index (χ1n) is 11.0. The van der Waals surface area contributed by atoms with Crippen LogP contribution in [-0.2, 0) is 17.8 Å². The van der Waals surface area contributed by atoms with Gasteiger partial charge in [-0.1, -0.05) is 60.7 Å². The third kappa shape index (κ3) is 9.01. The molecule has 1 heterocycles. The van der Waals surface area contributed by atoms with E-state index in [4.69, 9.17) is 4.74 Å². The molecule has 0 saturated heterocycles. The zero-order chi connectivity index (χ0) is 22.6. The number of hydrogen-bond acceptors (Lipinski definition) is 3. The Morgan fingerprint density at radius 1 is 0.970 bits per heavy atom. The smallest absolute Gasteiger partial charge is 0.250 e. The van der Waals surface area contributed by atoms with Gasteiger partial charge in [-0.3, -0.25) is 9.79 Å². The molecule has 0 amide bonds. The van der Waals surface area contributed by atoms with Gasteiger partial charge in [-0.25, -0.2) is 0 Å². The molecule has 2 aromatic carbocycles. The summed E-state index contributed by atoms with van der Waals surface area (Å²) in [6.45, 7) is 4.79. The zero-order valence-electron chi connectivity index (χ0n) is 19.2. The van der Waals surface area contributed by atoms with Crippen molar-refractivity contribution in [2.24, 2.45) is 4.99 Å². The highest BCUT2D eigenvalue weighted by Crippen LogP contribution is 2.15. The van der Waals surface area contributed by atoms with E-state index >= 15 is 0 Å². The van der Waals surface area contributed by atoms with Gasteiger partial charge in [0.1, 0.15) is 0 Å². The van der Waals surface area contributed by atoms with Crippen LogP contribution in [0.25, 0.3) is 0 Å². The summed E-state index contributed by atoms with van der Waals surface area (Å²) < 4.78 is 7.61. The van der Waals surface area contributed by atoms with Crippen molar-refractivity contribution in [2.75, 3.05) is 20.2 Å². The Morgan fingerprint density at radius 2 is 1.67 bits per heavy atom. The van der Waals surface area contributed by atoms with E-state index in [1.54, 1.807) is 29.9 Å². The fourth-order valence-corrected chi connectivity index (χ4v) is 3.32. The highest BCUT2D eigenvalue weighted by molar-refractivity contribution is 14.0. The molecule has 7 heteroatoms. The molecular weight excluding hydrogens is 527 g/mol. The Bertz CT molecular complexity index is 1040. The molecule has 6 nitrogen and oxygen atoms in total. The summed E-state index contributed by atoms with van der Waals surface area (Å²) in [6.07, 6.45) is 2.80. The molecule has 0 aliphatic carbocycles. The van der Waals surface area contributed by atoms with Gasteiger partial charge < -0.3 is 19.9 Å². The molecule has 0 aliphatic rings. The maximum absolute atomic E-state index is 11.9. The Hall–Kier alpha value is -2.65. The molecule has 0 bridgehead atoms. The Balaban J connectivity index is 0.00000385. The summed E-state index contributed by atoms with van der Waals surface area (Å²) in [4.78, 5) is 16.1. The molecule has 176 valence electrons. The molecule has 0 radical (unpaired) electrons. The van der Waals surface area contributed by atoms with Crippen LogP contribution in [0.5, 0.6) is 0 Å². The first-order chi connectivity index (χ1) is 15.7. The number of pyridine rings is 1. The van der Waals surface area contributed by atoms with Gasteiger partial charge in [-0.2, -0.15) is 0 Å². The Kier molecular flexibility index (Phi) is 11.7. The number of rotatable bonds is 10. The molecule has 0 saturated carbocycles. The largest absolute Gasteiger partial charge is 0.374 e. The monoisotopic (exact) mass is 560 g/mol. The van der Waals surface area contributed by atoms with Crippen molar-refractivity contribution in [2.45, 2.75) is 32.5 Å². The molecular formula is C26H33IN4O2. The van der Waals surface area contributed by atoms with E-state index in [9.17, 15) is 4.79 Å². The van der Waals surface area contributed by atoms with Gasteiger partial charge in [0.25, 0.3) is 5.56 Å². The van der Waals surface area contributed by atoms with E-state index in [0.29, 0.717) is 19.7 Å². The summed E-state index contributed by atoms with van der Waals surface area (Å²) in [5, 5.41) is 6.66. The van der Waals surface area contributed by atoms with E-state index < -0.39 is 0 Å². The molecule has 2 N–H and O–H groups in total. The standard InChI is InChI=1S/C26H32N4O2.HI/c1-21(24-9-4-3-5-10-24)32-18-8-16-28-26(27-2)29-19-22-12-14-23(15-13-22)20-30-17-7-6-11-25(30)31;/h3-7,9-15,17,21H,8,16,18-20H2,1-2H3,(H2,27,28,29);1H. The first kappa shape index (κ1) is 26.6. The van der Waals surface area contributed by atoms with E-state index in [-0.39, 0.29) is 35.6 Å². The second-order valence-corrected chi connectivity index (χ2v) is 7.61. The quantitative estimate of drug-likeness (QED) is 0.168. The number of benzene rings is 2. The third-order valence-corrected chi connectivity index (χ3v) is 5.21. The number of nitrogens with one attached hydrogen (secondary N) is 2. The maximum atomic E-state index is 11.9. The summed E-state index contributed by atoms with van der Waals surface area (Å²) >= 11 is 0.